The smallest absolute Gasteiger partial charge is 0.147 e. The van der Waals surface area contributed by atoms with Crippen molar-refractivity contribution in [2.45, 2.75) is 45.8 Å². The van der Waals surface area contributed by atoms with Gasteiger partial charge in [0.1, 0.15) is 9.84 Å². The number of nitrogens with one attached hydrogen (secondary N) is 1. The van der Waals surface area contributed by atoms with Gasteiger partial charge in [0.05, 0.1) is 11.9 Å². The van der Waals surface area contributed by atoms with E-state index in [0.29, 0.717) is 18.6 Å². The molecule has 4 nitrogen and oxygen atoms in total. The van der Waals surface area contributed by atoms with Gasteiger partial charge in [-0.1, -0.05) is 13.8 Å². The van der Waals surface area contributed by atoms with Crippen LogP contribution >= 0.6 is 0 Å². The molecule has 1 rings (SSSR count). The second-order valence-corrected chi connectivity index (χ2v) is 7.75. The minimum absolute atomic E-state index is 0.154. The fourth-order valence-corrected chi connectivity index (χ4v) is 3.00. The fraction of sp³-hybridized carbons (Fsp3) is 1.00. The van der Waals surface area contributed by atoms with Gasteiger partial charge in [-0.15, -0.1) is 0 Å². The summed E-state index contributed by atoms with van der Waals surface area (Å²) in [6.45, 7) is 7.94. The Balaban J connectivity index is 2.22. The van der Waals surface area contributed by atoms with Crippen molar-refractivity contribution in [3.63, 3.8) is 0 Å². The van der Waals surface area contributed by atoms with Crippen LogP contribution < -0.4 is 5.32 Å². The Kier molecular flexibility index (Phi) is 4.98. The molecule has 5 heteroatoms. The number of rotatable bonds is 7. The van der Waals surface area contributed by atoms with Crippen LogP contribution in [-0.4, -0.2) is 45.7 Å². The Morgan fingerprint density at radius 1 is 1.41 bits per heavy atom. The summed E-state index contributed by atoms with van der Waals surface area (Å²) in [6, 6.07) is 0.443. The lowest BCUT2D eigenvalue weighted by Gasteiger charge is -2.52. The van der Waals surface area contributed by atoms with Crippen molar-refractivity contribution < 1.29 is 13.2 Å². The van der Waals surface area contributed by atoms with Gasteiger partial charge >= 0.3 is 0 Å². The first-order valence-corrected chi connectivity index (χ1v) is 8.36. The molecule has 2 atom stereocenters. The van der Waals surface area contributed by atoms with Gasteiger partial charge in [-0.05, 0) is 26.3 Å². The monoisotopic (exact) mass is 263 g/mol. The van der Waals surface area contributed by atoms with E-state index >= 15 is 0 Å². The molecule has 1 aliphatic rings. The van der Waals surface area contributed by atoms with Crippen molar-refractivity contribution in [1.29, 1.82) is 0 Å². The minimum Gasteiger partial charge on any atom is -0.378 e. The van der Waals surface area contributed by atoms with Crippen molar-refractivity contribution in [2.75, 3.05) is 25.2 Å². The number of hydrogen-bond acceptors (Lipinski definition) is 4. The number of ether oxygens (including phenoxy) is 1. The highest BCUT2D eigenvalue weighted by atomic mass is 32.2. The van der Waals surface area contributed by atoms with E-state index in [-0.39, 0.29) is 11.2 Å². The third-order valence-corrected chi connectivity index (χ3v) is 4.66. The topological polar surface area (TPSA) is 55.4 Å². The maximum absolute atomic E-state index is 11.0. The summed E-state index contributed by atoms with van der Waals surface area (Å²) < 4.78 is 27.6. The van der Waals surface area contributed by atoms with Crippen LogP contribution in [0, 0.1) is 5.41 Å². The summed E-state index contributed by atoms with van der Waals surface area (Å²) in [5, 5.41) is 3.43. The first-order chi connectivity index (χ1) is 7.77. The van der Waals surface area contributed by atoms with Gasteiger partial charge in [0.2, 0.25) is 0 Å². The third kappa shape index (κ3) is 4.23. The third-order valence-electron chi connectivity index (χ3n) is 3.63. The summed E-state index contributed by atoms with van der Waals surface area (Å²) in [5.41, 5.74) is 0.154. The molecular formula is C12H25NO3S. The van der Waals surface area contributed by atoms with E-state index in [4.69, 9.17) is 4.74 Å². The van der Waals surface area contributed by atoms with E-state index < -0.39 is 9.84 Å². The maximum Gasteiger partial charge on any atom is 0.147 e. The highest BCUT2D eigenvalue weighted by Gasteiger charge is 2.48. The molecule has 0 heterocycles. The molecule has 0 radical (unpaired) electrons. The first-order valence-electron chi connectivity index (χ1n) is 6.30. The molecule has 0 aromatic heterocycles. The van der Waals surface area contributed by atoms with Crippen molar-refractivity contribution in [3.8, 4) is 0 Å². The Hall–Kier alpha value is -0.130. The van der Waals surface area contributed by atoms with Gasteiger partial charge in [-0.2, -0.15) is 0 Å². The molecular weight excluding hydrogens is 238 g/mol. The lowest BCUT2D eigenvalue weighted by molar-refractivity contribution is -0.113. The highest BCUT2D eigenvalue weighted by molar-refractivity contribution is 7.90. The van der Waals surface area contributed by atoms with Gasteiger partial charge in [0.15, 0.2) is 0 Å². The predicted molar refractivity (Wildman–Crippen MR) is 69.9 cm³/mol. The van der Waals surface area contributed by atoms with Crippen molar-refractivity contribution in [3.05, 3.63) is 0 Å². The summed E-state index contributed by atoms with van der Waals surface area (Å²) >= 11 is 0. The molecule has 0 spiro atoms. The van der Waals surface area contributed by atoms with Crippen molar-refractivity contribution >= 4 is 9.84 Å². The molecule has 17 heavy (non-hydrogen) atoms. The zero-order valence-electron chi connectivity index (χ0n) is 11.3. The Morgan fingerprint density at radius 3 is 2.53 bits per heavy atom. The van der Waals surface area contributed by atoms with Crippen LogP contribution in [0.5, 0.6) is 0 Å². The van der Waals surface area contributed by atoms with Gasteiger partial charge < -0.3 is 10.1 Å². The lowest BCUT2D eigenvalue weighted by atomic mass is 9.64. The fourth-order valence-electron chi connectivity index (χ4n) is 2.33. The predicted octanol–water partition coefficient (Wildman–Crippen LogP) is 1.21. The average molecular weight is 263 g/mol. The van der Waals surface area contributed by atoms with Gasteiger partial charge in [0.25, 0.3) is 0 Å². The maximum atomic E-state index is 11.0. The molecule has 0 aromatic rings. The minimum atomic E-state index is -2.82. The number of sulfone groups is 1. The normalized spacial score (nSPS) is 27.8. The van der Waals surface area contributed by atoms with E-state index in [1.54, 1.807) is 0 Å². The zero-order valence-corrected chi connectivity index (χ0v) is 12.1. The standard InChI is InChI=1S/C12H25NO3S/c1-5-16-11-9-10(12(11,2)3)13-7-6-8-17(4,14)15/h10-11,13H,5-9H2,1-4H3. The summed E-state index contributed by atoms with van der Waals surface area (Å²) in [4.78, 5) is 0. The molecule has 0 aliphatic heterocycles. The van der Waals surface area contributed by atoms with Crippen LogP contribution in [-0.2, 0) is 14.6 Å². The first kappa shape index (κ1) is 14.9. The van der Waals surface area contributed by atoms with Gasteiger partial charge in [-0.3, -0.25) is 0 Å². The molecule has 0 amide bonds. The summed E-state index contributed by atoms with van der Waals surface area (Å²) in [5.74, 6) is 0.266. The molecule has 102 valence electrons. The van der Waals surface area contributed by atoms with Crippen molar-refractivity contribution in [2.24, 2.45) is 5.41 Å². The molecule has 1 fully saturated rings. The van der Waals surface area contributed by atoms with Crippen LogP contribution in [0.15, 0.2) is 0 Å². The highest BCUT2D eigenvalue weighted by Crippen LogP contribution is 2.42. The Morgan fingerprint density at radius 2 is 2.06 bits per heavy atom. The van der Waals surface area contributed by atoms with Crippen LogP contribution in [0.25, 0.3) is 0 Å². The molecule has 1 N–H and O–H groups in total. The molecule has 0 aromatic carbocycles. The number of hydrogen-bond donors (Lipinski definition) is 1. The van der Waals surface area contributed by atoms with E-state index in [1.807, 2.05) is 6.92 Å². The summed E-state index contributed by atoms with van der Waals surface area (Å²) in [6.07, 6.45) is 3.33. The van der Waals surface area contributed by atoms with Crippen LogP contribution in [0.1, 0.15) is 33.6 Å². The lowest BCUT2D eigenvalue weighted by Crippen LogP contribution is -2.61. The van der Waals surface area contributed by atoms with E-state index in [9.17, 15) is 8.42 Å². The Labute approximate surface area is 105 Å². The zero-order chi connectivity index (χ0) is 13.1. The Bertz CT molecular complexity index is 338. The van der Waals surface area contributed by atoms with Crippen LogP contribution in [0.2, 0.25) is 0 Å². The van der Waals surface area contributed by atoms with Crippen molar-refractivity contribution in [1.82, 2.24) is 5.32 Å². The van der Waals surface area contributed by atoms with Gasteiger partial charge in [-0.25, -0.2) is 8.42 Å². The molecule has 0 saturated heterocycles. The quantitative estimate of drug-likeness (QED) is 0.702. The van der Waals surface area contributed by atoms with E-state index in [0.717, 1.165) is 19.6 Å². The average Bonchev–Trinajstić information content (AvgIpc) is 2.19. The second kappa shape index (κ2) is 5.67. The van der Waals surface area contributed by atoms with Gasteiger partial charge in [0, 0.05) is 24.3 Å². The molecule has 1 saturated carbocycles. The molecule has 0 bridgehead atoms. The van der Waals surface area contributed by atoms with Crippen LogP contribution in [0.3, 0.4) is 0 Å². The largest absolute Gasteiger partial charge is 0.378 e. The van der Waals surface area contributed by atoms with E-state index in [2.05, 4.69) is 19.2 Å². The van der Waals surface area contributed by atoms with Crippen LogP contribution in [0.4, 0.5) is 0 Å². The van der Waals surface area contributed by atoms with E-state index in [1.165, 1.54) is 6.26 Å². The molecule has 2 unspecified atom stereocenters. The SMILES string of the molecule is CCOC1CC(NCCCS(C)(=O)=O)C1(C)C. The summed E-state index contributed by atoms with van der Waals surface area (Å²) in [7, 11) is -2.82. The molecule has 1 aliphatic carbocycles. The second-order valence-electron chi connectivity index (χ2n) is 5.49.